The number of rotatable bonds is 5. The van der Waals surface area contributed by atoms with Gasteiger partial charge in [0.15, 0.2) is 11.5 Å². The number of hydrogen-bond acceptors (Lipinski definition) is 5. The first-order valence-electron chi connectivity index (χ1n) is 6.42. The molecule has 2 rings (SSSR count). The molecule has 116 valence electrons. The van der Waals surface area contributed by atoms with Crippen molar-refractivity contribution in [2.45, 2.75) is 0 Å². The highest BCUT2D eigenvalue weighted by molar-refractivity contribution is 6.32. The summed E-state index contributed by atoms with van der Waals surface area (Å²) in [4.78, 5) is 4.33. The number of halogens is 1. The Morgan fingerprint density at radius 2 is 1.68 bits per heavy atom. The summed E-state index contributed by atoms with van der Waals surface area (Å²) in [6.45, 7) is 0. The zero-order chi connectivity index (χ0) is 16.1. The third-order valence-electron chi connectivity index (χ3n) is 3.05. The molecule has 0 atom stereocenters. The number of methoxy groups -OCH3 is 3. The number of phenolic OH excluding ortho intramolecular Hbond substituents is 1. The molecule has 0 amide bonds. The van der Waals surface area contributed by atoms with Crippen molar-refractivity contribution in [3.05, 3.63) is 40.9 Å². The van der Waals surface area contributed by atoms with Crippen molar-refractivity contribution < 1.29 is 19.3 Å². The SMILES string of the molecule is COc1cc(N=Cc2cccc(OC)c2O)c(OC)cc1Cl. The van der Waals surface area contributed by atoms with Crippen LogP contribution in [0.1, 0.15) is 5.56 Å². The standard InChI is InChI=1S/C16H16ClNO4/c1-20-13-6-4-5-10(16(13)19)9-18-12-8-14(21-2)11(17)7-15(12)22-3/h4-9,19H,1-3H3. The number of hydrogen-bond donors (Lipinski definition) is 1. The molecule has 0 aromatic heterocycles. The third-order valence-corrected chi connectivity index (χ3v) is 3.34. The van der Waals surface area contributed by atoms with Crippen LogP contribution in [0.5, 0.6) is 23.0 Å². The minimum absolute atomic E-state index is 0.0219. The summed E-state index contributed by atoms with van der Waals surface area (Å²) < 4.78 is 15.5. The van der Waals surface area contributed by atoms with Crippen LogP contribution < -0.4 is 14.2 Å². The van der Waals surface area contributed by atoms with Gasteiger partial charge in [-0.3, -0.25) is 4.99 Å². The van der Waals surface area contributed by atoms with Gasteiger partial charge in [-0.15, -0.1) is 0 Å². The van der Waals surface area contributed by atoms with E-state index in [4.69, 9.17) is 25.8 Å². The molecule has 1 N–H and O–H groups in total. The average Bonchev–Trinajstić information content (AvgIpc) is 2.54. The van der Waals surface area contributed by atoms with E-state index in [-0.39, 0.29) is 5.75 Å². The first kappa shape index (κ1) is 16.0. The van der Waals surface area contributed by atoms with Crippen LogP contribution >= 0.6 is 11.6 Å². The minimum atomic E-state index is 0.0219. The molecule has 0 radical (unpaired) electrons. The van der Waals surface area contributed by atoms with Crippen LogP contribution in [0.4, 0.5) is 5.69 Å². The van der Waals surface area contributed by atoms with E-state index in [2.05, 4.69) is 4.99 Å². The highest BCUT2D eigenvalue weighted by atomic mass is 35.5. The predicted molar refractivity (Wildman–Crippen MR) is 86.5 cm³/mol. The Morgan fingerprint density at radius 3 is 2.32 bits per heavy atom. The Bertz CT molecular complexity index is 701. The average molecular weight is 322 g/mol. The molecule has 0 aliphatic carbocycles. The number of para-hydroxylation sites is 1. The fourth-order valence-corrected chi connectivity index (χ4v) is 2.12. The lowest BCUT2D eigenvalue weighted by atomic mass is 10.2. The fraction of sp³-hybridized carbons (Fsp3) is 0.188. The monoisotopic (exact) mass is 321 g/mol. The number of ether oxygens (including phenoxy) is 3. The Kier molecular flexibility index (Phi) is 5.12. The van der Waals surface area contributed by atoms with E-state index in [0.29, 0.717) is 33.5 Å². The molecule has 0 unspecified atom stereocenters. The number of aromatic hydroxyl groups is 1. The van der Waals surface area contributed by atoms with Gasteiger partial charge in [-0.05, 0) is 12.1 Å². The third kappa shape index (κ3) is 3.26. The van der Waals surface area contributed by atoms with Crippen molar-refractivity contribution in [1.82, 2.24) is 0 Å². The predicted octanol–water partition coefficient (Wildman–Crippen LogP) is 3.82. The van der Waals surface area contributed by atoms with E-state index in [1.165, 1.54) is 27.5 Å². The quantitative estimate of drug-likeness (QED) is 0.850. The van der Waals surface area contributed by atoms with Crippen LogP contribution in [0.15, 0.2) is 35.3 Å². The van der Waals surface area contributed by atoms with E-state index < -0.39 is 0 Å². The van der Waals surface area contributed by atoms with Gasteiger partial charge in [-0.25, -0.2) is 0 Å². The number of aliphatic imine (C=N–C) groups is 1. The van der Waals surface area contributed by atoms with Crippen LogP contribution in [0, 0.1) is 0 Å². The van der Waals surface area contributed by atoms with Crippen LogP contribution in [0.2, 0.25) is 5.02 Å². The van der Waals surface area contributed by atoms with E-state index >= 15 is 0 Å². The number of nitrogens with zero attached hydrogens (tertiary/aromatic N) is 1. The highest BCUT2D eigenvalue weighted by Crippen LogP contribution is 2.38. The highest BCUT2D eigenvalue weighted by Gasteiger charge is 2.10. The summed E-state index contributed by atoms with van der Waals surface area (Å²) in [5.74, 6) is 1.40. The second-order valence-electron chi connectivity index (χ2n) is 4.31. The van der Waals surface area contributed by atoms with Crippen molar-refractivity contribution in [2.75, 3.05) is 21.3 Å². The molecule has 0 bridgehead atoms. The van der Waals surface area contributed by atoms with Gasteiger partial charge in [0.1, 0.15) is 17.2 Å². The largest absolute Gasteiger partial charge is 0.504 e. The lowest BCUT2D eigenvalue weighted by Gasteiger charge is -2.09. The van der Waals surface area contributed by atoms with Crippen LogP contribution in [-0.4, -0.2) is 32.7 Å². The number of phenols is 1. The maximum Gasteiger partial charge on any atom is 0.166 e. The van der Waals surface area contributed by atoms with Gasteiger partial charge >= 0.3 is 0 Å². The molecule has 0 aliphatic heterocycles. The molecule has 2 aromatic carbocycles. The van der Waals surface area contributed by atoms with E-state index in [0.717, 1.165) is 0 Å². The van der Waals surface area contributed by atoms with Crippen molar-refractivity contribution in [3.63, 3.8) is 0 Å². The van der Waals surface area contributed by atoms with E-state index in [1.54, 1.807) is 30.3 Å². The van der Waals surface area contributed by atoms with Gasteiger partial charge in [0.2, 0.25) is 0 Å². The molecule has 6 heteroatoms. The van der Waals surface area contributed by atoms with Crippen molar-refractivity contribution in [1.29, 1.82) is 0 Å². The van der Waals surface area contributed by atoms with Gasteiger partial charge in [0.05, 0.1) is 26.4 Å². The summed E-state index contributed by atoms with van der Waals surface area (Å²) in [6, 6.07) is 8.44. The fourth-order valence-electron chi connectivity index (χ4n) is 1.89. The first-order chi connectivity index (χ1) is 10.6. The van der Waals surface area contributed by atoms with E-state index in [1.807, 2.05) is 0 Å². The molecular formula is C16H16ClNO4. The maximum absolute atomic E-state index is 10.0. The zero-order valence-electron chi connectivity index (χ0n) is 12.5. The molecule has 5 nitrogen and oxygen atoms in total. The van der Waals surface area contributed by atoms with Crippen molar-refractivity contribution in [2.24, 2.45) is 4.99 Å². The topological polar surface area (TPSA) is 60.3 Å². The van der Waals surface area contributed by atoms with Gasteiger partial charge < -0.3 is 19.3 Å². The van der Waals surface area contributed by atoms with Crippen molar-refractivity contribution >= 4 is 23.5 Å². The Balaban J connectivity index is 2.42. The molecule has 2 aromatic rings. The molecule has 0 aliphatic rings. The van der Waals surface area contributed by atoms with Crippen LogP contribution in [-0.2, 0) is 0 Å². The van der Waals surface area contributed by atoms with Gasteiger partial charge in [0, 0.05) is 23.9 Å². The number of benzene rings is 2. The van der Waals surface area contributed by atoms with E-state index in [9.17, 15) is 5.11 Å². The van der Waals surface area contributed by atoms with Crippen molar-refractivity contribution in [3.8, 4) is 23.0 Å². The summed E-state index contributed by atoms with van der Waals surface area (Å²) in [6.07, 6.45) is 1.52. The minimum Gasteiger partial charge on any atom is -0.504 e. The first-order valence-corrected chi connectivity index (χ1v) is 6.80. The smallest absolute Gasteiger partial charge is 0.166 e. The Hall–Kier alpha value is -2.40. The van der Waals surface area contributed by atoms with Gasteiger partial charge in [-0.1, -0.05) is 17.7 Å². The molecule has 0 heterocycles. The summed E-state index contributed by atoms with van der Waals surface area (Å²) in [5, 5.41) is 10.5. The summed E-state index contributed by atoms with van der Waals surface area (Å²) in [5.41, 5.74) is 1.06. The lowest BCUT2D eigenvalue weighted by molar-refractivity contribution is 0.373. The Morgan fingerprint density at radius 1 is 1.00 bits per heavy atom. The second-order valence-corrected chi connectivity index (χ2v) is 4.72. The maximum atomic E-state index is 10.0. The second kappa shape index (κ2) is 7.04. The molecule has 0 saturated heterocycles. The van der Waals surface area contributed by atoms with Crippen LogP contribution in [0.25, 0.3) is 0 Å². The summed E-state index contributed by atoms with van der Waals surface area (Å²) >= 11 is 6.05. The Labute approximate surface area is 133 Å². The molecular weight excluding hydrogens is 306 g/mol. The zero-order valence-corrected chi connectivity index (χ0v) is 13.2. The molecule has 22 heavy (non-hydrogen) atoms. The van der Waals surface area contributed by atoms with Crippen LogP contribution in [0.3, 0.4) is 0 Å². The normalized spacial score (nSPS) is 10.7. The molecule has 0 saturated carbocycles. The van der Waals surface area contributed by atoms with Gasteiger partial charge in [0.25, 0.3) is 0 Å². The molecule has 0 fully saturated rings. The van der Waals surface area contributed by atoms with Gasteiger partial charge in [-0.2, -0.15) is 0 Å². The summed E-state index contributed by atoms with van der Waals surface area (Å²) in [7, 11) is 4.54. The molecule has 0 spiro atoms. The lowest BCUT2D eigenvalue weighted by Crippen LogP contribution is -1.90.